The number of unbranched alkanes of at least 4 members (excludes halogenated alkanes) is 14. The van der Waals surface area contributed by atoms with E-state index in [9.17, 15) is 0 Å². The molecule has 0 radical (unpaired) electrons. The first kappa shape index (κ1) is 41.3. The molecule has 0 aliphatic rings. The van der Waals surface area contributed by atoms with Crippen LogP contribution in [-0.4, -0.2) is 38.6 Å². The van der Waals surface area contributed by atoms with E-state index in [0.29, 0.717) is 25.4 Å². The fraction of sp³-hybridized carbons (Fsp3) is 0.842. The van der Waals surface area contributed by atoms with Crippen molar-refractivity contribution >= 4 is 8.60 Å². The summed E-state index contributed by atoms with van der Waals surface area (Å²) in [6.45, 7) is 12.2. The zero-order chi connectivity index (χ0) is 31.8. The van der Waals surface area contributed by atoms with Gasteiger partial charge in [-0.25, -0.2) is 0 Å². The second-order valence-electron chi connectivity index (χ2n) is 12.3. The molecule has 2 unspecified atom stereocenters. The maximum Gasteiger partial charge on any atom is 0.397 e. The average Bonchev–Trinajstić information content (AvgIpc) is 3.05. The molecule has 6 heteroatoms. The van der Waals surface area contributed by atoms with Crippen molar-refractivity contribution in [1.82, 2.24) is 0 Å². The fourth-order valence-corrected chi connectivity index (χ4v) is 6.34. The van der Waals surface area contributed by atoms with E-state index in [4.69, 9.17) is 23.0 Å². The van der Waals surface area contributed by atoms with E-state index in [2.05, 4.69) is 27.7 Å². The highest BCUT2D eigenvalue weighted by Crippen LogP contribution is 2.41. The van der Waals surface area contributed by atoms with Crippen LogP contribution in [0.4, 0.5) is 0 Å². The van der Waals surface area contributed by atoms with E-state index in [1.54, 1.807) is 0 Å². The highest BCUT2D eigenvalue weighted by molar-refractivity contribution is 7.42. The molecule has 0 spiro atoms. The normalized spacial score (nSPS) is 13.6. The molecule has 0 aliphatic heterocycles. The molecule has 0 amide bonds. The summed E-state index contributed by atoms with van der Waals surface area (Å²) >= 11 is 0. The molecule has 1 aromatic carbocycles. The summed E-state index contributed by atoms with van der Waals surface area (Å²) in [6, 6.07) is 9.90. The Hall–Kier alpha value is -0.710. The minimum atomic E-state index is -1.39. The first-order valence-electron chi connectivity index (χ1n) is 18.8. The lowest BCUT2D eigenvalue weighted by Gasteiger charge is -2.18. The minimum absolute atomic E-state index is 0.396. The van der Waals surface area contributed by atoms with Gasteiger partial charge in [0.15, 0.2) is 0 Å². The Morgan fingerprint density at radius 2 is 0.886 bits per heavy atom. The molecular weight excluding hydrogens is 567 g/mol. The van der Waals surface area contributed by atoms with Gasteiger partial charge in [-0.2, -0.15) is 0 Å². The summed E-state index contributed by atoms with van der Waals surface area (Å²) in [7, 11) is -1.39. The lowest BCUT2D eigenvalue weighted by Crippen LogP contribution is -2.13. The molecule has 0 saturated carbocycles. The van der Waals surface area contributed by atoms with Crippen molar-refractivity contribution in [1.29, 1.82) is 0 Å². The zero-order valence-corrected chi connectivity index (χ0v) is 30.3. The summed E-state index contributed by atoms with van der Waals surface area (Å²) in [4.78, 5) is 0. The Morgan fingerprint density at radius 3 is 1.34 bits per heavy atom. The number of benzene rings is 1. The summed E-state index contributed by atoms with van der Waals surface area (Å²) in [5.41, 5.74) is 0. The van der Waals surface area contributed by atoms with Crippen molar-refractivity contribution < 1.29 is 23.0 Å². The summed E-state index contributed by atoms with van der Waals surface area (Å²) in [6.07, 6.45) is 27.7. The predicted molar refractivity (Wildman–Crippen MR) is 190 cm³/mol. The molecule has 2 atom stereocenters. The molecule has 0 fully saturated rings. The van der Waals surface area contributed by atoms with Crippen LogP contribution in [0.3, 0.4) is 0 Å². The molecule has 0 aromatic heterocycles. The molecule has 0 heterocycles. The van der Waals surface area contributed by atoms with E-state index < -0.39 is 8.60 Å². The van der Waals surface area contributed by atoms with Crippen molar-refractivity contribution in [3.05, 3.63) is 30.3 Å². The Balaban J connectivity index is 2.19. The van der Waals surface area contributed by atoms with Gasteiger partial charge < -0.3 is 23.0 Å². The first-order valence-corrected chi connectivity index (χ1v) is 19.8. The SMILES string of the molecule is CCCCCCCCOC(CC)CCCCCOP(OCCCCCC(CC)OCCCCCCCC)Oc1ccccc1. The molecular formula is C38H71O5P. The van der Waals surface area contributed by atoms with Gasteiger partial charge in [-0.1, -0.05) is 136 Å². The van der Waals surface area contributed by atoms with Gasteiger partial charge in [0.2, 0.25) is 0 Å². The van der Waals surface area contributed by atoms with Gasteiger partial charge in [-0.15, -0.1) is 0 Å². The third-order valence-corrected chi connectivity index (χ3v) is 9.42. The van der Waals surface area contributed by atoms with Crippen LogP contribution in [0.25, 0.3) is 0 Å². The van der Waals surface area contributed by atoms with Crippen LogP contribution < -0.4 is 4.52 Å². The number of hydrogen-bond donors (Lipinski definition) is 0. The van der Waals surface area contributed by atoms with Gasteiger partial charge in [0.05, 0.1) is 25.4 Å². The van der Waals surface area contributed by atoms with Crippen LogP contribution in [0.1, 0.15) is 169 Å². The van der Waals surface area contributed by atoms with E-state index in [1.807, 2.05) is 30.3 Å². The molecule has 0 saturated heterocycles. The maximum atomic E-state index is 6.16. The molecule has 1 aromatic rings. The highest BCUT2D eigenvalue weighted by Gasteiger charge is 2.15. The van der Waals surface area contributed by atoms with Crippen molar-refractivity contribution in [2.45, 2.75) is 181 Å². The Kier molecular flexibility index (Phi) is 30.3. The number of rotatable bonds is 34. The molecule has 1 rings (SSSR count). The molecule has 44 heavy (non-hydrogen) atoms. The third-order valence-electron chi connectivity index (χ3n) is 8.27. The summed E-state index contributed by atoms with van der Waals surface area (Å²) < 4.78 is 30.6. The predicted octanol–water partition coefficient (Wildman–Crippen LogP) is 12.8. The van der Waals surface area contributed by atoms with E-state index >= 15 is 0 Å². The monoisotopic (exact) mass is 639 g/mol. The van der Waals surface area contributed by atoms with Crippen molar-refractivity contribution in [3.63, 3.8) is 0 Å². The van der Waals surface area contributed by atoms with Crippen molar-refractivity contribution in [3.8, 4) is 5.75 Å². The average molecular weight is 639 g/mol. The van der Waals surface area contributed by atoms with Crippen LogP contribution in [0.2, 0.25) is 0 Å². The van der Waals surface area contributed by atoms with Gasteiger partial charge in [0.1, 0.15) is 5.75 Å². The molecule has 0 aliphatic carbocycles. The smallest absolute Gasteiger partial charge is 0.397 e. The summed E-state index contributed by atoms with van der Waals surface area (Å²) in [5, 5.41) is 0. The third kappa shape index (κ3) is 25.5. The number of para-hydroxylation sites is 1. The Labute approximate surface area is 274 Å². The van der Waals surface area contributed by atoms with Gasteiger partial charge in [-0.3, -0.25) is 0 Å². The van der Waals surface area contributed by atoms with E-state index in [0.717, 1.165) is 70.3 Å². The Morgan fingerprint density at radius 1 is 0.477 bits per heavy atom. The largest absolute Gasteiger partial charge is 0.427 e. The molecule has 258 valence electrons. The van der Waals surface area contributed by atoms with Crippen molar-refractivity contribution in [2.24, 2.45) is 0 Å². The lowest BCUT2D eigenvalue weighted by atomic mass is 10.1. The van der Waals surface area contributed by atoms with Crippen LogP contribution in [0.15, 0.2) is 30.3 Å². The van der Waals surface area contributed by atoms with E-state index in [-0.39, 0.29) is 0 Å². The quantitative estimate of drug-likeness (QED) is 0.0555. The lowest BCUT2D eigenvalue weighted by molar-refractivity contribution is 0.0404. The molecule has 5 nitrogen and oxygen atoms in total. The van der Waals surface area contributed by atoms with E-state index in [1.165, 1.54) is 89.9 Å². The second-order valence-corrected chi connectivity index (χ2v) is 13.5. The standard InChI is InChI=1S/C38H71O5P/c1-5-9-11-13-15-24-32-39-36(7-3)28-22-18-26-34-41-44(43-38-30-20-17-21-31-38)42-35-27-19-23-29-37(8-4)40-33-25-16-14-12-10-6-2/h17,20-21,30-31,36-37H,5-16,18-19,22-29,32-35H2,1-4H3. The topological polar surface area (TPSA) is 46.2 Å². The van der Waals surface area contributed by atoms with Crippen LogP contribution >= 0.6 is 8.60 Å². The van der Waals surface area contributed by atoms with Crippen LogP contribution in [0.5, 0.6) is 5.75 Å². The molecule has 0 N–H and O–H groups in total. The minimum Gasteiger partial charge on any atom is -0.427 e. The van der Waals surface area contributed by atoms with Gasteiger partial charge in [-0.05, 0) is 63.5 Å². The van der Waals surface area contributed by atoms with Gasteiger partial charge in [0, 0.05) is 13.2 Å². The first-order chi connectivity index (χ1) is 21.7. The number of ether oxygens (including phenoxy) is 2. The molecule has 0 bridgehead atoms. The van der Waals surface area contributed by atoms with Crippen LogP contribution in [-0.2, 0) is 18.5 Å². The highest BCUT2D eigenvalue weighted by atomic mass is 31.2. The van der Waals surface area contributed by atoms with Crippen LogP contribution in [0, 0.1) is 0 Å². The Bertz CT molecular complexity index is 653. The van der Waals surface area contributed by atoms with Gasteiger partial charge in [0.25, 0.3) is 0 Å². The fourth-order valence-electron chi connectivity index (χ4n) is 5.31. The second kappa shape index (κ2) is 32.2. The number of hydrogen-bond acceptors (Lipinski definition) is 5. The van der Waals surface area contributed by atoms with Crippen molar-refractivity contribution in [2.75, 3.05) is 26.4 Å². The maximum absolute atomic E-state index is 6.16. The van der Waals surface area contributed by atoms with Gasteiger partial charge >= 0.3 is 8.60 Å². The summed E-state index contributed by atoms with van der Waals surface area (Å²) in [5.74, 6) is 0.806. The zero-order valence-electron chi connectivity index (χ0n) is 29.4.